The first-order valence-electron chi connectivity index (χ1n) is 8.27. The molecule has 0 fully saturated rings. The molecule has 0 amide bonds. The quantitative estimate of drug-likeness (QED) is 0.772. The van der Waals surface area contributed by atoms with E-state index in [1.807, 2.05) is 42.5 Å². The number of nitrogens with two attached hydrogens (primary N) is 1. The van der Waals surface area contributed by atoms with Crippen molar-refractivity contribution in [2.24, 2.45) is 0 Å². The maximum atomic E-state index is 6.43. The average molecular weight is 320 g/mol. The van der Waals surface area contributed by atoms with Gasteiger partial charge in [-0.05, 0) is 61.6 Å². The highest BCUT2D eigenvalue weighted by atomic mass is 16.5. The summed E-state index contributed by atoms with van der Waals surface area (Å²) in [5.41, 5.74) is 10.6. The van der Waals surface area contributed by atoms with Gasteiger partial charge < -0.3 is 15.2 Å². The first kappa shape index (κ1) is 14.8. The summed E-state index contributed by atoms with van der Waals surface area (Å²) in [4.78, 5) is 4.80. The molecule has 0 saturated carbocycles. The lowest BCUT2D eigenvalue weighted by atomic mass is 9.93. The molecule has 0 atom stereocenters. The van der Waals surface area contributed by atoms with E-state index in [0.717, 1.165) is 52.4 Å². The van der Waals surface area contributed by atoms with Crippen LogP contribution in [-0.4, -0.2) is 12.1 Å². The van der Waals surface area contributed by atoms with Crippen molar-refractivity contribution in [2.45, 2.75) is 25.7 Å². The maximum Gasteiger partial charge on any atom is 0.131 e. The summed E-state index contributed by atoms with van der Waals surface area (Å²) in [5, 5.41) is 0.969. The number of hydrogen-bond acceptors (Lipinski definition) is 4. The highest BCUT2D eigenvalue weighted by molar-refractivity contribution is 5.93. The molecular formula is C20H20N2O2. The third kappa shape index (κ3) is 2.64. The molecule has 4 heteroatoms. The third-order valence-corrected chi connectivity index (χ3v) is 4.55. The molecule has 1 aliphatic rings. The van der Waals surface area contributed by atoms with E-state index < -0.39 is 0 Å². The topological polar surface area (TPSA) is 57.4 Å². The van der Waals surface area contributed by atoms with E-state index in [-0.39, 0.29) is 0 Å². The molecule has 1 aromatic heterocycles. The van der Waals surface area contributed by atoms with Gasteiger partial charge in [0.05, 0.1) is 12.6 Å². The van der Waals surface area contributed by atoms with Gasteiger partial charge in [0.15, 0.2) is 0 Å². The average Bonchev–Trinajstić information content (AvgIpc) is 2.63. The number of fused-ring (bicyclic) bond motifs is 2. The zero-order chi connectivity index (χ0) is 16.5. The Kier molecular flexibility index (Phi) is 3.73. The highest BCUT2D eigenvalue weighted by Crippen LogP contribution is 2.34. The number of methoxy groups -OCH3 is 1. The summed E-state index contributed by atoms with van der Waals surface area (Å²) in [6.45, 7) is 0. The van der Waals surface area contributed by atoms with Gasteiger partial charge in [-0.15, -0.1) is 0 Å². The lowest BCUT2D eigenvalue weighted by molar-refractivity contribution is 0.409. The zero-order valence-electron chi connectivity index (χ0n) is 13.7. The van der Waals surface area contributed by atoms with Gasteiger partial charge in [-0.2, -0.15) is 0 Å². The maximum absolute atomic E-state index is 6.43. The van der Waals surface area contributed by atoms with Crippen molar-refractivity contribution in [3.63, 3.8) is 0 Å². The predicted molar refractivity (Wildman–Crippen MR) is 95.9 cm³/mol. The van der Waals surface area contributed by atoms with Crippen LogP contribution in [-0.2, 0) is 12.8 Å². The number of benzene rings is 2. The monoisotopic (exact) mass is 320 g/mol. The van der Waals surface area contributed by atoms with Crippen molar-refractivity contribution in [3.05, 3.63) is 53.7 Å². The van der Waals surface area contributed by atoms with Crippen LogP contribution in [0, 0.1) is 0 Å². The molecule has 0 unspecified atom stereocenters. The summed E-state index contributed by atoms with van der Waals surface area (Å²) < 4.78 is 11.2. The van der Waals surface area contributed by atoms with Crippen LogP contribution in [0.4, 0.5) is 5.69 Å². The van der Waals surface area contributed by atoms with E-state index in [9.17, 15) is 0 Å². The second-order valence-corrected chi connectivity index (χ2v) is 6.12. The van der Waals surface area contributed by atoms with E-state index in [4.69, 9.17) is 20.2 Å². The molecule has 4 nitrogen and oxygen atoms in total. The summed E-state index contributed by atoms with van der Waals surface area (Å²) in [6, 6.07) is 13.5. The van der Waals surface area contributed by atoms with Crippen molar-refractivity contribution >= 4 is 16.6 Å². The third-order valence-electron chi connectivity index (χ3n) is 4.55. The molecule has 2 N–H and O–H groups in total. The minimum absolute atomic E-state index is 0.734. The van der Waals surface area contributed by atoms with Gasteiger partial charge in [0.1, 0.15) is 17.2 Å². The smallest absolute Gasteiger partial charge is 0.131 e. The van der Waals surface area contributed by atoms with Gasteiger partial charge >= 0.3 is 0 Å². The van der Waals surface area contributed by atoms with Gasteiger partial charge in [-0.25, -0.2) is 0 Å². The van der Waals surface area contributed by atoms with Crippen LogP contribution in [0.15, 0.2) is 42.5 Å². The summed E-state index contributed by atoms with van der Waals surface area (Å²) >= 11 is 0. The Morgan fingerprint density at radius 2 is 1.75 bits per heavy atom. The van der Waals surface area contributed by atoms with Gasteiger partial charge in [0.25, 0.3) is 0 Å². The number of nitrogens with zero attached hydrogens (tertiary/aromatic N) is 1. The van der Waals surface area contributed by atoms with Crippen molar-refractivity contribution in [2.75, 3.05) is 12.8 Å². The van der Waals surface area contributed by atoms with Crippen LogP contribution in [0.5, 0.6) is 17.2 Å². The van der Waals surface area contributed by atoms with Crippen LogP contribution >= 0.6 is 0 Å². The SMILES string of the molecule is COc1cccc(Oc2ccc3nc4c(c(N)c3c2)CCCC4)c1. The van der Waals surface area contributed by atoms with Crippen LogP contribution < -0.4 is 15.2 Å². The number of rotatable bonds is 3. The molecule has 122 valence electrons. The summed E-state index contributed by atoms with van der Waals surface area (Å²) in [5.74, 6) is 2.25. The Morgan fingerprint density at radius 1 is 0.958 bits per heavy atom. The summed E-state index contributed by atoms with van der Waals surface area (Å²) in [6.07, 6.45) is 4.43. The largest absolute Gasteiger partial charge is 0.497 e. The van der Waals surface area contributed by atoms with Gasteiger partial charge in [-0.3, -0.25) is 4.98 Å². The molecule has 3 aromatic rings. The lowest BCUT2D eigenvalue weighted by Gasteiger charge is -2.19. The van der Waals surface area contributed by atoms with Crippen LogP contribution in [0.2, 0.25) is 0 Å². The number of aryl methyl sites for hydroxylation is 1. The molecule has 1 aliphatic carbocycles. The molecule has 4 rings (SSSR count). The molecule has 0 aliphatic heterocycles. The van der Waals surface area contributed by atoms with E-state index >= 15 is 0 Å². The number of pyridine rings is 1. The predicted octanol–water partition coefficient (Wildman–Crippen LogP) is 4.50. The van der Waals surface area contributed by atoms with Gasteiger partial charge in [0, 0.05) is 22.8 Å². The Bertz CT molecular complexity index is 906. The van der Waals surface area contributed by atoms with Gasteiger partial charge in [0.2, 0.25) is 0 Å². The second-order valence-electron chi connectivity index (χ2n) is 6.12. The van der Waals surface area contributed by atoms with Crippen LogP contribution in [0.1, 0.15) is 24.1 Å². The Labute approximate surface area is 141 Å². The second kappa shape index (κ2) is 6.04. The van der Waals surface area contributed by atoms with E-state index in [1.165, 1.54) is 18.4 Å². The highest BCUT2D eigenvalue weighted by Gasteiger charge is 2.16. The molecule has 2 aromatic carbocycles. The van der Waals surface area contributed by atoms with Crippen molar-refractivity contribution < 1.29 is 9.47 Å². The molecule has 0 radical (unpaired) electrons. The molecule has 0 saturated heterocycles. The van der Waals surface area contributed by atoms with Crippen LogP contribution in [0.25, 0.3) is 10.9 Å². The van der Waals surface area contributed by atoms with E-state index in [2.05, 4.69) is 0 Å². The molecule has 0 bridgehead atoms. The van der Waals surface area contributed by atoms with Crippen molar-refractivity contribution in [1.29, 1.82) is 0 Å². The number of hydrogen-bond donors (Lipinski definition) is 1. The van der Waals surface area contributed by atoms with Crippen LogP contribution in [0.3, 0.4) is 0 Å². The molecule has 0 spiro atoms. The van der Waals surface area contributed by atoms with Crippen molar-refractivity contribution in [1.82, 2.24) is 4.98 Å². The Hall–Kier alpha value is -2.75. The fourth-order valence-corrected chi connectivity index (χ4v) is 3.30. The van der Waals surface area contributed by atoms with Gasteiger partial charge in [-0.1, -0.05) is 6.07 Å². The normalized spacial score (nSPS) is 13.5. The molecular weight excluding hydrogens is 300 g/mol. The fraction of sp³-hybridized carbons (Fsp3) is 0.250. The Morgan fingerprint density at radius 3 is 2.62 bits per heavy atom. The fourth-order valence-electron chi connectivity index (χ4n) is 3.30. The first-order valence-corrected chi connectivity index (χ1v) is 8.27. The zero-order valence-corrected chi connectivity index (χ0v) is 13.7. The number of aromatic nitrogens is 1. The first-order chi connectivity index (χ1) is 11.7. The lowest BCUT2D eigenvalue weighted by Crippen LogP contribution is -2.09. The Balaban J connectivity index is 1.73. The minimum Gasteiger partial charge on any atom is -0.497 e. The molecule has 24 heavy (non-hydrogen) atoms. The molecule has 1 heterocycles. The standard InChI is InChI=1S/C20H20N2O2/c1-23-13-5-4-6-14(11-13)24-15-9-10-19-17(12-15)20(21)16-7-2-3-8-18(16)22-19/h4-6,9-12H,2-3,7-8H2,1H3,(H2,21,22). The van der Waals surface area contributed by atoms with E-state index in [1.54, 1.807) is 7.11 Å². The number of anilines is 1. The minimum atomic E-state index is 0.734. The van der Waals surface area contributed by atoms with Crippen molar-refractivity contribution in [3.8, 4) is 17.2 Å². The number of nitrogen functional groups attached to an aromatic ring is 1. The summed E-state index contributed by atoms with van der Waals surface area (Å²) in [7, 11) is 1.64. The van der Waals surface area contributed by atoms with E-state index in [0.29, 0.717) is 0 Å². The number of ether oxygens (including phenoxy) is 2.